The zero-order valence-electron chi connectivity index (χ0n) is 14.6. The van der Waals surface area contributed by atoms with Gasteiger partial charge in [-0.15, -0.1) is 0 Å². The number of carbonyl (C=O) groups is 1. The Bertz CT molecular complexity index is 523. The second-order valence-corrected chi connectivity index (χ2v) is 7.30. The average molecular weight is 315 g/mol. The highest BCUT2D eigenvalue weighted by molar-refractivity contribution is 5.80. The Labute approximate surface area is 140 Å². The van der Waals surface area contributed by atoms with Gasteiger partial charge < -0.3 is 9.80 Å². The minimum absolute atomic E-state index is 0.105. The van der Waals surface area contributed by atoms with Gasteiger partial charge in [-0.1, -0.05) is 30.3 Å². The van der Waals surface area contributed by atoms with Crippen LogP contribution in [0.25, 0.3) is 0 Å². The quantitative estimate of drug-likeness (QED) is 0.852. The molecule has 2 fully saturated rings. The Morgan fingerprint density at radius 3 is 2.30 bits per heavy atom. The molecule has 1 aromatic rings. The van der Waals surface area contributed by atoms with Crippen LogP contribution in [0.2, 0.25) is 0 Å². The van der Waals surface area contributed by atoms with E-state index in [0.717, 1.165) is 39.3 Å². The molecule has 2 aliphatic heterocycles. The number of likely N-dealkylation sites (tertiary alicyclic amines) is 1. The smallest absolute Gasteiger partial charge is 0.227 e. The minimum atomic E-state index is 0.105. The lowest BCUT2D eigenvalue weighted by Crippen LogP contribution is -2.52. The van der Waals surface area contributed by atoms with Gasteiger partial charge in [0.1, 0.15) is 0 Å². The van der Waals surface area contributed by atoms with Gasteiger partial charge in [0.15, 0.2) is 0 Å². The Hall–Kier alpha value is -1.39. The van der Waals surface area contributed by atoms with E-state index in [-0.39, 0.29) is 5.92 Å². The summed E-state index contributed by atoms with van der Waals surface area (Å²) in [5, 5.41) is 0. The van der Waals surface area contributed by atoms with Crippen molar-refractivity contribution >= 4 is 5.91 Å². The molecule has 2 heterocycles. The number of carbonyl (C=O) groups excluding carboxylic acids is 1. The van der Waals surface area contributed by atoms with E-state index in [9.17, 15) is 4.79 Å². The fourth-order valence-corrected chi connectivity index (χ4v) is 3.98. The van der Waals surface area contributed by atoms with E-state index in [2.05, 4.69) is 59.9 Å². The number of hydrogen-bond acceptors (Lipinski definition) is 3. The van der Waals surface area contributed by atoms with Crippen LogP contribution in [-0.4, -0.2) is 73.0 Å². The SMILES string of the molecule is CC(C)N1CCN(C(=O)C2CN(C)CC2c2ccccc2)CC1. The van der Waals surface area contributed by atoms with E-state index < -0.39 is 0 Å². The molecule has 3 rings (SSSR count). The number of nitrogens with zero attached hydrogens (tertiary/aromatic N) is 3. The van der Waals surface area contributed by atoms with Gasteiger partial charge in [0, 0.05) is 51.2 Å². The molecule has 0 bridgehead atoms. The monoisotopic (exact) mass is 315 g/mol. The highest BCUT2D eigenvalue weighted by atomic mass is 16.2. The topological polar surface area (TPSA) is 26.8 Å². The fraction of sp³-hybridized carbons (Fsp3) is 0.632. The van der Waals surface area contributed by atoms with E-state index >= 15 is 0 Å². The molecule has 2 unspecified atom stereocenters. The van der Waals surface area contributed by atoms with Crippen LogP contribution in [0.1, 0.15) is 25.3 Å². The van der Waals surface area contributed by atoms with Crippen LogP contribution in [-0.2, 0) is 4.79 Å². The predicted octanol–water partition coefficient (Wildman–Crippen LogP) is 1.88. The Balaban J connectivity index is 1.68. The molecule has 0 aromatic heterocycles. The first kappa shape index (κ1) is 16.5. The van der Waals surface area contributed by atoms with Gasteiger partial charge >= 0.3 is 0 Å². The number of piperazine rings is 1. The summed E-state index contributed by atoms with van der Waals surface area (Å²) in [5.74, 6) is 0.788. The molecule has 126 valence electrons. The maximum Gasteiger partial charge on any atom is 0.227 e. The molecular formula is C19H29N3O. The molecule has 4 nitrogen and oxygen atoms in total. The molecule has 0 N–H and O–H groups in total. The van der Waals surface area contributed by atoms with Crippen molar-refractivity contribution < 1.29 is 4.79 Å². The summed E-state index contributed by atoms with van der Waals surface area (Å²) in [5.41, 5.74) is 1.30. The van der Waals surface area contributed by atoms with Gasteiger partial charge in [-0.2, -0.15) is 0 Å². The van der Waals surface area contributed by atoms with Gasteiger partial charge in [0.2, 0.25) is 5.91 Å². The first-order valence-electron chi connectivity index (χ1n) is 8.82. The zero-order chi connectivity index (χ0) is 16.4. The van der Waals surface area contributed by atoms with Crippen molar-refractivity contribution in [3.63, 3.8) is 0 Å². The van der Waals surface area contributed by atoms with Crippen LogP contribution < -0.4 is 0 Å². The van der Waals surface area contributed by atoms with E-state index in [4.69, 9.17) is 0 Å². The normalized spacial score (nSPS) is 26.9. The van der Waals surface area contributed by atoms with Crippen LogP contribution in [0, 0.1) is 5.92 Å². The van der Waals surface area contributed by atoms with Crippen molar-refractivity contribution in [1.82, 2.24) is 14.7 Å². The molecule has 0 saturated carbocycles. The molecular weight excluding hydrogens is 286 g/mol. The van der Waals surface area contributed by atoms with Crippen LogP contribution in [0.5, 0.6) is 0 Å². The summed E-state index contributed by atoms with van der Waals surface area (Å²) in [6.45, 7) is 10.1. The second kappa shape index (κ2) is 7.02. The second-order valence-electron chi connectivity index (χ2n) is 7.30. The highest BCUT2D eigenvalue weighted by Crippen LogP contribution is 2.33. The summed E-state index contributed by atoms with van der Waals surface area (Å²) in [6.07, 6.45) is 0. The largest absolute Gasteiger partial charge is 0.340 e. The Kier molecular flexibility index (Phi) is 5.02. The number of hydrogen-bond donors (Lipinski definition) is 0. The van der Waals surface area contributed by atoms with Crippen molar-refractivity contribution in [2.75, 3.05) is 46.3 Å². The van der Waals surface area contributed by atoms with Crippen LogP contribution in [0.15, 0.2) is 30.3 Å². The summed E-state index contributed by atoms with van der Waals surface area (Å²) in [4.78, 5) is 19.9. The fourth-order valence-electron chi connectivity index (χ4n) is 3.98. The number of amides is 1. The summed E-state index contributed by atoms with van der Waals surface area (Å²) < 4.78 is 0. The number of benzene rings is 1. The van der Waals surface area contributed by atoms with Gasteiger partial charge in [0.25, 0.3) is 0 Å². The summed E-state index contributed by atoms with van der Waals surface area (Å²) in [6, 6.07) is 11.1. The molecule has 2 saturated heterocycles. The van der Waals surface area contributed by atoms with Gasteiger partial charge in [-0.05, 0) is 26.5 Å². The van der Waals surface area contributed by atoms with Crippen molar-refractivity contribution in [2.45, 2.75) is 25.8 Å². The molecule has 0 radical (unpaired) electrons. The molecule has 2 aliphatic rings. The van der Waals surface area contributed by atoms with Crippen LogP contribution >= 0.6 is 0 Å². The maximum absolute atomic E-state index is 13.1. The van der Waals surface area contributed by atoms with Crippen molar-refractivity contribution in [3.05, 3.63) is 35.9 Å². The van der Waals surface area contributed by atoms with Crippen LogP contribution in [0.4, 0.5) is 0 Å². The highest BCUT2D eigenvalue weighted by Gasteiger charge is 2.39. The molecule has 4 heteroatoms. The summed E-state index contributed by atoms with van der Waals surface area (Å²) >= 11 is 0. The number of likely N-dealkylation sites (N-methyl/N-ethyl adjacent to an activating group) is 1. The molecule has 23 heavy (non-hydrogen) atoms. The van der Waals surface area contributed by atoms with E-state index in [1.807, 2.05) is 6.07 Å². The lowest BCUT2D eigenvalue weighted by Gasteiger charge is -2.38. The van der Waals surface area contributed by atoms with Gasteiger partial charge in [-0.3, -0.25) is 9.69 Å². The maximum atomic E-state index is 13.1. The lowest BCUT2D eigenvalue weighted by molar-refractivity contribution is -0.137. The standard InChI is InChI=1S/C19H29N3O/c1-15(2)21-9-11-22(12-10-21)19(23)18-14-20(3)13-17(18)16-7-5-4-6-8-16/h4-8,15,17-18H,9-14H2,1-3H3. The molecule has 1 aromatic carbocycles. The molecule has 2 atom stereocenters. The van der Waals surface area contributed by atoms with E-state index in [0.29, 0.717) is 17.9 Å². The minimum Gasteiger partial charge on any atom is -0.340 e. The van der Waals surface area contributed by atoms with Crippen molar-refractivity contribution in [3.8, 4) is 0 Å². The molecule has 0 aliphatic carbocycles. The molecule has 1 amide bonds. The summed E-state index contributed by atoms with van der Waals surface area (Å²) in [7, 11) is 2.12. The third kappa shape index (κ3) is 3.59. The Morgan fingerprint density at radius 2 is 1.70 bits per heavy atom. The van der Waals surface area contributed by atoms with E-state index in [1.165, 1.54) is 5.56 Å². The van der Waals surface area contributed by atoms with Gasteiger partial charge in [0.05, 0.1) is 5.92 Å². The van der Waals surface area contributed by atoms with Crippen molar-refractivity contribution in [2.24, 2.45) is 5.92 Å². The first-order chi connectivity index (χ1) is 11.1. The van der Waals surface area contributed by atoms with E-state index in [1.54, 1.807) is 0 Å². The predicted molar refractivity (Wildman–Crippen MR) is 93.5 cm³/mol. The third-order valence-corrected chi connectivity index (χ3v) is 5.40. The Morgan fingerprint density at radius 1 is 1.04 bits per heavy atom. The first-order valence-corrected chi connectivity index (χ1v) is 8.82. The van der Waals surface area contributed by atoms with Gasteiger partial charge in [-0.25, -0.2) is 0 Å². The molecule has 0 spiro atoms. The zero-order valence-corrected chi connectivity index (χ0v) is 14.6. The van der Waals surface area contributed by atoms with Crippen molar-refractivity contribution in [1.29, 1.82) is 0 Å². The average Bonchev–Trinajstić information content (AvgIpc) is 2.97. The third-order valence-electron chi connectivity index (χ3n) is 5.40. The lowest BCUT2D eigenvalue weighted by atomic mass is 9.88. The number of rotatable bonds is 3. The van der Waals surface area contributed by atoms with Crippen LogP contribution in [0.3, 0.4) is 0 Å².